The Bertz CT molecular complexity index is 761. The van der Waals surface area contributed by atoms with E-state index in [2.05, 4.69) is 20.9 Å². The first-order valence-electron chi connectivity index (χ1n) is 8.78. The molecular formula is C19H25N3O. The Morgan fingerprint density at radius 2 is 2.00 bits per heavy atom. The maximum absolute atomic E-state index is 12.4. The summed E-state index contributed by atoms with van der Waals surface area (Å²) in [5.74, 6) is 0. The molecule has 1 aromatic heterocycles. The number of hydrogen-bond acceptors (Lipinski definition) is 3. The molecule has 0 unspecified atom stereocenters. The van der Waals surface area contributed by atoms with Crippen LogP contribution in [0.5, 0.6) is 0 Å². The summed E-state index contributed by atoms with van der Waals surface area (Å²) < 4.78 is 0. The van der Waals surface area contributed by atoms with Gasteiger partial charge in [0, 0.05) is 48.3 Å². The van der Waals surface area contributed by atoms with Crippen molar-refractivity contribution in [3.8, 4) is 0 Å². The normalized spacial score (nSPS) is 23.1. The van der Waals surface area contributed by atoms with Crippen molar-refractivity contribution in [3.05, 3.63) is 45.7 Å². The van der Waals surface area contributed by atoms with Crippen LogP contribution < -0.4 is 5.43 Å². The molecule has 2 aliphatic rings. The SMILES string of the molecule is Cc1ccc2[nH]c(CN3CC[C@H](N4CCCC4)C3)cc(=O)c2c1. The average molecular weight is 311 g/mol. The van der Waals surface area contributed by atoms with Gasteiger partial charge in [0.1, 0.15) is 0 Å². The number of nitrogens with one attached hydrogen (secondary N) is 1. The molecule has 0 spiro atoms. The van der Waals surface area contributed by atoms with Gasteiger partial charge >= 0.3 is 0 Å². The van der Waals surface area contributed by atoms with Crippen molar-refractivity contribution in [2.45, 2.75) is 38.8 Å². The smallest absolute Gasteiger partial charge is 0.189 e. The first-order valence-corrected chi connectivity index (χ1v) is 8.78. The molecule has 3 heterocycles. The second kappa shape index (κ2) is 6.10. The van der Waals surface area contributed by atoms with E-state index < -0.39 is 0 Å². The molecule has 122 valence electrons. The van der Waals surface area contributed by atoms with Gasteiger partial charge in [-0.05, 0) is 51.4 Å². The number of H-pyrrole nitrogens is 1. The third-order valence-electron chi connectivity index (χ3n) is 5.34. The molecule has 0 amide bonds. The largest absolute Gasteiger partial charge is 0.357 e. The second-order valence-electron chi connectivity index (χ2n) is 7.13. The van der Waals surface area contributed by atoms with Gasteiger partial charge in [-0.1, -0.05) is 11.6 Å². The first kappa shape index (κ1) is 14.9. The van der Waals surface area contributed by atoms with E-state index in [-0.39, 0.29) is 5.43 Å². The van der Waals surface area contributed by atoms with Gasteiger partial charge in [-0.2, -0.15) is 0 Å². The Hall–Kier alpha value is -1.65. The summed E-state index contributed by atoms with van der Waals surface area (Å²) >= 11 is 0. The van der Waals surface area contributed by atoms with Crippen molar-refractivity contribution in [2.75, 3.05) is 26.2 Å². The number of pyridine rings is 1. The van der Waals surface area contributed by atoms with Crippen molar-refractivity contribution < 1.29 is 0 Å². The lowest BCUT2D eigenvalue weighted by Gasteiger charge is -2.23. The number of hydrogen-bond donors (Lipinski definition) is 1. The summed E-state index contributed by atoms with van der Waals surface area (Å²) in [5.41, 5.74) is 3.25. The van der Waals surface area contributed by atoms with Gasteiger partial charge in [0.15, 0.2) is 5.43 Å². The fraction of sp³-hybridized carbons (Fsp3) is 0.526. The molecule has 4 nitrogen and oxygen atoms in total. The third-order valence-corrected chi connectivity index (χ3v) is 5.34. The number of aromatic nitrogens is 1. The van der Waals surface area contributed by atoms with Crippen LogP contribution in [0.15, 0.2) is 29.1 Å². The molecule has 1 atom stereocenters. The summed E-state index contributed by atoms with van der Waals surface area (Å²) in [7, 11) is 0. The number of likely N-dealkylation sites (tertiary alicyclic amines) is 2. The molecule has 0 bridgehead atoms. The molecule has 0 saturated carbocycles. The molecule has 2 saturated heterocycles. The van der Waals surface area contributed by atoms with E-state index in [0.29, 0.717) is 6.04 Å². The fourth-order valence-electron chi connectivity index (χ4n) is 4.10. The first-order chi connectivity index (χ1) is 11.2. The van der Waals surface area contributed by atoms with Crippen molar-refractivity contribution in [2.24, 2.45) is 0 Å². The summed E-state index contributed by atoms with van der Waals surface area (Å²) in [6.45, 7) is 7.68. The minimum absolute atomic E-state index is 0.132. The topological polar surface area (TPSA) is 39.3 Å². The van der Waals surface area contributed by atoms with Gasteiger partial charge in [-0.15, -0.1) is 0 Å². The third kappa shape index (κ3) is 3.06. The van der Waals surface area contributed by atoms with Gasteiger partial charge in [0.25, 0.3) is 0 Å². The maximum atomic E-state index is 12.4. The van der Waals surface area contributed by atoms with Crippen LogP contribution >= 0.6 is 0 Å². The van der Waals surface area contributed by atoms with Crippen LogP contribution in [0.1, 0.15) is 30.5 Å². The lowest BCUT2D eigenvalue weighted by atomic mass is 10.1. The quantitative estimate of drug-likeness (QED) is 0.947. The summed E-state index contributed by atoms with van der Waals surface area (Å²) in [6, 6.07) is 8.54. The molecule has 1 aromatic carbocycles. The van der Waals surface area contributed by atoms with Crippen LogP contribution in [0, 0.1) is 6.92 Å². The Morgan fingerprint density at radius 3 is 2.83 bits per heavy atom. The van der Waals surface area contributed by atoms with Crippen molar-refractivity contribution in [1.29, 1.82) is 0 Å². The Morgan fingerprint density at radius 1 is 1.17 bits per heavy atom. The molecule has 4 heteroatoms. The monoisotopic (exact) mass is 311 g/mol. The maximum Gasteiger partial charge on any atom is 0.189 e. The zero-order valence-corrected chi connectivity index (χ0v) is 13.8. The van der Waals surface area contributed by atoms with Crippen LogP contribution in [0.4, 0.5) is 0 Å². The van der Waals surface area contributed by atoms with Crippen molar-refractivity contribution in [1.82, 2.24) is 14.8 Å². The highest BCUT2D eigenvalue weighted by molar-refractivity contribution is 5.79. The Labute approximate surface area is 137 Å². The minimum atomic E-state index is 0.132. The van der Waals surface area contributed by atoms with Gasteiger partial charge in [0.2, 0.25) is 0 Å². The predicted molar refractivity (Wildman–Crippen MR) is 93.8 cm³/mol. The predicted octanol–water partition coefficient (Wildman–Crippen LogP) is 2.51. The van der Waals surface area contributed by atoms with Gasteiger partial charge < -0.3 is 4.98 Å². The van der Waals surface area contributed by atoms with Gasteiger partial charge in [-0.3, -0.25) is 14.6 Å². The molecule has 1 N–H and O–H groups in total. The highest BCUT2D eigenvalue weighted by atomic mass is 16.1. The molecule has 23 heavy (non-hydrogen) atoms. The van der Waals surface area contributed by atoms with E-state index in [9.17, 15) is 4.79 Å². The van der Waals surface area contributed by atoms with E-state index in [4.69, 9.17) is 0 Å². The molecular weight excluding hydrogens is 286 g/mol. The summed E-state index contributed by atoms with van der Waals surface area (Å²) in [4.78, 5) is 20.9. The number of aryl methyl sites for hydroxylation is 1. The van der Waals surface area contributed by atoms with E-state index >= 15 is 0 Å². The van der Waals surface area contributed by atoms with Crippen LogP contribution in [0.25, 0.3) is 10.9 Å². The van der Waals surface area contributed by atoms with Gasteiger partial charge in [0.05, 0.1) is 0 Å². The van der Waals surface area contributed by atoms with Crippen molar-refractivity contribution in [3.63, 3.8) is 0 Å². The molecule has 2 fully saturated rings. The molecule has 0 aliphatic carbocycles. The number of aromatic amines is 1. The van der Waals surface area contributed by atoms with E-state index in [1.165, 1.54) is 32.4 Å². The van der Waals surface area contributed by atoms with E-state index in [0.717, 1.165) is 41.8 Å². The number of nitrogens with zero attached hydrogens (tertiary/aromatic N) is 2. The highest BCUT2D eigenvalue weighted by Gasteiger charge is 2.29. The van der Waals surface area contributed by atoms with Crippen LogP contribution in [-0.2, 0) is 6.54 Å². The Balaban J connectivity index is 1.50. The lowest BCUT2D eigenvalue weighted by Crippen LogP contribution is -2.35. The molecule has 0 radical (unpaired) electrons. The van der Waals surface area contributed by atoms with Crippen LogP contribution in [0.2, 0.25) is 0 Å². The molecule has 2 aromatic rings. The summed E-state index contributed by atoms with van der Waals surface area (Å²) in [5, 5.41) is 0.796. The second-order valence-corrected chi connectivity index (χ2v) is 7.13. The average Bonchev–Trinajstić information content (AvgIpc) is 3.19. The molecule has 4 rings (SSSR count). The number of rotatable bonds is 3. The highest BCUT2D eigenvalue weighted by Crippen LogP contribution is 2.21. The lowest BCUT2D eigenvalue weighted by molar-refractivity contribution is 0.229. The Kier molecular flexibility index (Phi) is 3.95. The summed E-state index contributed by atoms with van der Waals surface area (Å²) in [6.07, 6.45) is 3.97. The number of benzene rings is 1. The van der Waals surface area contributed by atoms with Gasteiger partial charge in [-0.25, -0.2) is 0 Å². The number of fused-ring (bicyclic) bond motifs is 1. The van der Waals surface area contributed by atoms with Crippen molar-refractivity contribution >= 4 is 10.9 Å². The van der Waals surface area contributed by atoms with Crippen LogP contribution in [0.3, 0.4) is 0 Å². The minimum Gasteiger partial charge on any atom is -0.357 e. The zero-order valence-electron chi connectivity index (χ0n) is 13.8. The standard InChI is InChI=1S/C19H25N3O/c1-14-4-5-18-17(10-14)19(23)11-15(20-18)12-21-9-6-16(13-21)22-7-2-3-8-22/h4-5,10-11,16H,2-3,6-9,12-13H2,1H3,(H,20,23)/t16-/m0/s1. The fourth-order valence-corrected chi connectivity index (χ4v) is 4.10. The van der Waals surface area contributed by atoms with Crippen LogP contribution in [-0.4, -0.2) is 47.0 Å². The van der Waals surface area contributed by atoms with E-state index in [1.807, 2.05) is 19.1 Å². The molecule has 2 aliphatic heterocycles. The zero-order chi connectivity index (χ0) is 15.8. The van der Waals surface area contributed by atoms with E-state index in [1.54, 1.807) is 6.07 Å².